The number of urea groups is 1. The molecule has 0 fully saturated rings. The van der Waals surface area contributed by atoms with Crippen molar-refractivity contribution < 1.29 is 14.3 Å². The maximum Gasteiger partial charge on any atom is 0.338 e. The summed E-state index contributed by atoms with van der Waals surface area (Å²) in [7, 11) is 0. The summed E-state index contributed by atoms with van der Waals surface area (Å²) in [5, 5.41) is 5.50. The largest absolute Gasteiger partial charge is 0.462 e. The van der Waals surface area contributed by atoms with Crippen LogP contribution in [0.4, 0.5) is 10.5 Å². The van der Waals surface area contributed by atoms with Crippen molar-refractivity contribution >= 4 is 17.7 Å². The monoisotopic (exact) mass is 264 g/mol. The molecule has 1 atom stereocenters. The number of ether oxygens (including phenoxy) is 1. The number of carbonyl (C=O) groups excluding carboxylic acids is 2. The van der Waals surface area contributed by atoms with Gasteiger partial charge >= 0.3 is 12.0 Å². The van der Waals surface area contributed by atoms with E-state index < -0.39 is 0 Å². The molecule has 5 nitrogen and oxygen atoms in total. The van der Waals surface area contributed by atoms with E-state index >= 15 is 0 Å². The lowest BCUT2D eigenvalue weighted by atomic mass is 10.2. The van der Waals surface area contributed by atoms with E-state index in [-0.39, 0.29) is 18.0 Å². The highest BCUT2D eigenvalue weighted by atomic mass is 16.5. The summed E-state index contributed by atoms with van der Waals surface area (Å²) in [5.74, 6) is -0.363. The van der Waals surface area contributed by atoms with Gasteiger partial charge in [0.25, 0.3) is 0 Å². The Bertz CT molecular complexity index is 429. The summed E-state index contributed by atoms with van der Waals surface area (Å²) in [5.41, 5.74) is 1.10. The highest BCUT2D eigenvalue weighted by Gasteiger charge is 2.08. The molecule has 2 amide bonds. The zero-order chi connectivity index (χ0) is 14.3. The van der Waals surface area contributed by atoms with Crippen molar-refractivity contribution in [2.45, 2.75) is 33.2 Å². The Morgan fingerprint density at radius 2 is 1.84 bits per heavy atom. The first-order chi connectivity index (χ1) is 9.06. The van der Waals surface area contributed by atoms with E-state index in [0.717, 1.165) is 6.42 Å². The van der Waals surface area contributed by atoms with Crippen LogP contribution < -0.4 is 10.6 Å². The molecule has 0 aromatic heterocycles. The molecule has 0 spiro atoms. The van der Waals surface area contributed by atoms with Gasteiger partial charge in [0.05, 0.1) is 12.2 Å². The fourth-order valence-corrected chi connectivity index (χ4v) is 1.40. The molecule has 0 aliphatic carbocycles. The Morgan fingerprint density at radius 1 is 1.21 bits per heavy atom. The van der Waals surface area contributed by atoms with Crippen LogP contribution in [0, 0.1) is 0 Å². The van der Waals surface area contributed by atoms with Crippen LogP contribution in [-0.4, -0.2) is 24.6 Å². The topological polar surface area (TPSA) is 67.4 Å². The van der Waals surface area contributed by atoms with Gasteiger partial charge in [-0.1, -0.05) is 6.92 Å². The number of carbonyl (C=O) groups is 2. The second-order valence-corrected chi connectivity index (χ2v) is 4.21. The van der Waals surface area contributed by atoms with Crippen molar-refractivity contribution in [3.8, 4) is 0 Å². The molecule has 19 heavy (non-hydrogen) atoms. The van der Waals surface area contributed by atoms with E-state index in [2.05, 4.69) is 10.6 Å². The molecule has 0 saturated heterocycles. The molecule has 5 heteroatoms. The van der Waals surface area contributed by atoms with Gasteiger partial charge in [-0.25, -0.2) is 9.59 Å². The van der Waals surface area contributed by atoms with Crippen molar-refractivity contribution in [2.24, 2.45) is 0 Å². The van der Waals surface area contributed by atoms with Gasteiger partial charge in [-0.05, 0) is 44.5 Å². The second-order valence-electron chi connectivity index (χ2n) is 4.21. The highest BCUT2D eigenvalue weighted by Crippen LogP contribution is 2.10. The number of anilines is 1. The van der Waals surface area contributed by atoms with Gasteiger partial charge in [-0.2, -0.15) is 0 Å². The molecule has 0 unspecified atom stereocenters. The van der Waals surface area contributed by atoms with Crippen LogP contribution in [0.1, 0.15) is 37.6 Å². The lowest BCUT2D eigenvalue weighted by Gasteiger charge is -2.12. The van der Waals surface area contributed by atoms with Crippen molar-refractivity contribution in [1.29, 1.82) is 0 Å². The van der Waals surface area contributed by atoms with E-state index in [4.69, 9.17) is 4.74 Å². The Labute approximate surface area is 113 Å². The van der Waals surface area contributed by atoms with Gasteiger partial charge in [0.15, 0.2) is 0 Å². The van der Waals surface area contributed by atoms with Crippen LogP contribution >= 0.6 is 0 Å². The molecule has 1 aromatic rings. The maximum atomic E-state index is 11.6. The minimum absolute atomic E-state index is 0.124. The quantitative estimate of drug-likeness (QED) is 0.803. The molecule has 0 bridgehead atoms. The van der Waals surface area contributed by atoms with E-state index in [1.165, 1.54) is 0 Å². The summed E-state index contributed by atoms with van der Waals surface area (Å²) >= 11 is 0. The predicted octanol–water partition coefficient (Wildman–Crippen LogP) is 2.78. The molecule has 2 N–H and O–H groups in total. The van der Waals surface area contributed by atoms with Gasteiger partial charge in [-0.3, -0.25) is 0 Å². The average molecular weight is 264 g/mol. The first-order valence-electron chi connectivity index (χ1n) is 6.41. The first kappa shape index (κ1) is 15.0. The van der Waals surface area contributed by atoms with E-state index in [9.17, 15) is 9.59 Å². The highest BCUT2D eigenvalue weighted by molar-refractivity contribution is 5.92. The van der Waals surface area contributed by atoms with Gasteiger partial charge in [-0.15, -0.1) is 0 Å². The minimum Gasteiger partial charge on any atom is -0.462 e. The van der Waals surface area contributed by atoms with Gasteiger partial charge < -0.3 is 15.4 Å². The molecule has 1 aromatic carbocycles. The number of nitrogens with one attached hydrogen (secondary N) is 2. The van der Waals surface area contributed by atoms with Crippen LogP contribution in [-0.2, 0) is 4.74 Å². The predicted molar refractivity (Wildman–Crippen MR) is 74.3 cm³/mol. The van der Waals surface area contributed by atoms with Crippen molar-refractivity contribution in [1.82, 2.24) is 5.32 Å². The molecule has 0 aliphatic rings. The lowest BCUT2D eigenvalue weighted by molar-refractivity contribution is 0.0526. The molecular formula is C14H20N2O3. The molecule has 104 valence electrons. The normalized spacial score (nSPS) is 11.5. The summed E-state index contributed by atoms with van der Waals surface area (Å²) in [6.07, 6.45) is 0.870. The molecule has 0 radical (unpaired) electrons. The summed E-state index contributed by atoms with van der Waals surface area (Å²) in [6, 6.07) is 6.45. The van der Waals surface area contributed by atoms with Crippen LogP contribution in [0.15, 0.2) is 24.3 Å². The Morgan fingerprint density at radius 3 is 2.37 bits per heavy atom. The first-order valence-corrected chi connectivity index (χ1v) is 6.41. The van der Waals surface area contributed by atoms with Gasteiger partial charge in [0.2, 0.25) is 0 Å². The molecule has 1 rings (SSSR count). The van der Waals surface area contributed by atoms with Crippen molar-refractivity contribution in [3.05, 3.63) is 29.8 Å². The van der Waals surface area contributed by atoms with E-state index in [1.807, 2.05) is 13.8 Å². The fraction of sp³-hybridized carbons (Fsp3) is 0.429. The Balaban J connectivity index is 2.57. The average Bonchev–Trinajstić information content (AvgIpc) is 2.39. The number of hydrogen-bond acceptors (Lipinski definition) is 3. The number of benzene rings is 1. The summed E-state index contributed by atoms with van der Waals surface area (Å²) in [6.45, 7) is 6.03. The molecular weight excluding hydrogens is 244 g/mol. The van der Waals surface area contributed by atoms with Crippen LogP contribution in [0.25, 0.3) is 0 Å². The third-order valence-electron chi connectivity index (χ3n) is 2.64. The van der Waals surface area contributed by atoms with E-state index in [1.54, 1.807) is 31.2 Å². The van der Waals surface area contributed by atoms with Crippen molar-refractivity contribution in [2.75, 3.05) is 11.9 Å². The Hall–Kier alpha value is -2.04. The summed E-state index contributed by atoms with van der Waals surface area (Å²) in [4.78, 5) is 23.0. The lowest BCUT2D eigenvalue weighted by Crippen LogP contribution is -2.35. The van der Waals surface area contributed by atoms with Gasteiger partial charge in [0.1, 0.15) is 0 Å². The maximum absolute atomic E-state index is 11.6. The number of hydrogen-bond donors (Lipinski definition) is 2. The number of esters is 1. The Kier molecular flexibility index (Phi) is 5.85. The van der Waals surface area contributed by atoms with Gasteiger partial charge in [0, 0.05) is 11.7 Å². The SMILES string of the molecule is CCOC(=O)c1ccc(NC(=O)N[C@H](C)CC)cc1. The minimum atomic E-state index is -0.363. The second kappa shape index (κ2) is 7.41. The fourth-order valence-electron chi connectivity index (χ4n) is 1.40. The molecule has 0 heterocycles. The standard InChI is InChI=1S/C14H20N2O3/c1-4-10(3)15-14(18)16-12-8-6-11(7-9-12)13(17)19-5-2/h6-10H,4-5H2,1-3H3,(H2,15,16,18)/t10-/m1/s1. The van der Waals surface area contributed by atoms with E-state index in [0.29, 0.717) is 17.9 Å². The summed E-state index contributed by atoms with van der Waals surface area (Å²) < 4.78 is 4.88. The third kappa shape index (κ3) is 4.99. The van der Waals surface area contributed by atoms with Crippen LogP contribution in [0.3, 0.4) is 0 Å². The third-order valence-corrected chi connectivity index (χ3v) is 2.64. The molecule has 0 saturated carbocycles. The van der Waals surface area contributed by atoms with Crippen molar-refractivity contribution in [3.63, 3.8) is 0 Å². The molecule has 0 aliphatic heterocycles. The zero-order valence-electron chi connectivity index (χ0n) is 11.5. The number of rotatable bonds is 5. The smallest absolute Gasteiger partial charge is 0.338 e. The van der Waals surface area contributed by atoms with Crippen LogP contribution in [0.5, 0.6) is 0 Å². The zero-order valence-corrected chi connectivity index (χ0v) is 11.5. The number of amides is 2. The van der Waals surface area contributed by atoms with Crippen LogP contribution in [0.2, 0.25) is 0 Å².